The van der Waals surface area contributed by atoms with Gasteiger partial charge in [0.25, 0.3) is 0 Å². The maximum absolute atomic E-state index is 13.3. The summed E-state index contributed by atoms with van der Waals surface area (Å²) in [6.07, 6.45) is 0.241. The number of carboxylic acid groups (broad SMARTS) is 1. The molecule has 0 aliphatic heterocycles. The molecule has 0 aromatic heterocycles. The first kappa shape index (κ1) is 16.9. The van der Waals surface area contributed by atoms with E-state index in [0.717, 1.165) is 6.07 Å². The van der Waals surface area contributed by atoms with E-state index in [1.807, 2.05) is 0 Å². The van der Waals surface area contributed by atoms with E-state index in [2.05, 4.69) is 21.2 Å². The van der Waals surface area contributed by atoms with E-state index in [1.165, 1.54) is 6.07 Å². The molecule has 2 atom stereocenters. The van der Waals surface area contributed by atoms with Crippen molar-refractivity contribution in [3.63, 3.8) is 0 Å². The molecule has 0 spiro atoms. The van der Waals surface area contributed by atoms with Gasteiger partial charge in [-0.15, -0.1) is 0 Å². The second kappa shape index (κ2) is 6.54. The third kappa shape index (κ3) is 3.92. The van der Waals surface area contributed by atoms with Gasteiger partial charge < -0.3 is 15.2 Å². The van der Waals surface area contributed by atoms with Crippen LogP contribution in [-0.2, 0) is 9.59 Å². The second-order valence-electron chi connectivity index (χ2n) is 4.00. The Morgan fingerprint density at radius 3 is 2.58 bits per heavy atom. The number of carbonyl (C=O) groups excluding carboxylic acids is 2. The van der Waals surface area contributed by atoms with Crippen LogP contribution in [0, 0.1) is 17.7 Å². The van der Waals surface area contributed by atoms with Crippen molar-refractivity contribution in [3.05, 3.63) is 27.4 Å². The Hall–Kier alpha value is -0.140. The Kier molecular flexibility index (Phi) is 5.82. The van der Waals surface area contributed by atoms with Crippen molar-refractivity contribution in [2.75, 3.05) is 5.32 Å². The molecule has 19 heavy (non-hydrogen) atoms. The van der Waals surface area contributed by atoms with Gasteiger partial charge in [-0.05, 0) is 28.4 Å². The number of rotatable bonds is 3. The van der Waals surface area contributed by atoms with Crippen LogP contribution >= 0.6 is 27.5 Å². The molecular weight excluding hydrogens is 351 g/mol. The van der Waals surface area contributed by atoms with E-state index in [-0.39, 0.29) is 51.2 Å². The molecule has 1 N–H and O–H groups in total. The van der Waals surface area contributed by atoms with Gasteiger partial charge in [0.05, 0.1) is 15.2 Å². The first-order valence-corrected chi connectivity index (χ1v) is 6.23. The van der Waals surface area contributed by atoms with Crippen LogP contribution in [0.5, 0.6) is 0 Å². The molecule has 2 rings (SSSR count). The summed E-state index contributed by atoms with van der Waals surface area (Å²) in [5.41, 5.74) is 0.117. The molecule has 4 nitrogen and oxygen atoms in total. The number of aliphatic carboxylic acids is 1. The molecule has 1 fully saturated rings. The summed E-state index contributed by atoms with van der Waals surface area (Å²) in [6.45, 7) is 0. The van der Waals surface area contributed by atoms with Crippen LogP contribution in [-0.4, -0.2) is 11.9 Å². The summed E-state index contributed by atoms with van der Waals surface area (Å²) in [5.74, 6) is -3.69. The van der Waals surface area contributed by atoms with E-state index < -0.39 is 29.5 Å². The van der Waals surface area contributed by atoms with Gasteiger partial charge in [0.15, 0.2) is 0 Å². The molecule has 1 aliphatic carbocycles. The molecule has 1 saturated carbocycles. The van der Waals surface area contributed by atoms with Gasteiger partial charge in [-0.3, -0.25) is 4.79 Å². The number of anilines is 1. The molecule has 1 aromatic carbocycles. The largest absolute Gasteiger partial charge is 1.00 e. The molecule has 0 saturated heterocycles. The molecule has 0 bridgehead atoms. The van der Waals surface area contributed by atoms with E-state index in [4.69, 9.17) is 11.6 Å². The monoisotopic (exact) mass is 357 g/mol. The molecule has 1 aromatic rings. The van der Waals surface area contributed by atoms with Crippen molar-refractivity contribution in [2.24, 2.45) is 11.8 Å². The molecule has 1 aliphatic rings. The quantitative estimate of drug-likeness (QED) is 0.532. The summed E-state index contributed by atoms with van der Waals surface area (Å²) in [6, 6.07) is 2.39. The van der Waals surface area contributed by atoms with Gasteiger partial charge in [-0.2, -0.15) is 0 Å². The molecule has 0 unspecified atom stereocenters. The zero-order chi connectivity index (χ0) is 13.4. The number of hydrogen-bond acceptors (Lipinski definition) is 3. The summed E-state index contributed by atoms with van der Waals surface area (Å²) in [7, 11) is 0. The number of carboxylic acids is 1. The minimum atomic E-state index is -1.25. The Morgan fingerprint density at radius 2 is 2.05 bits per heavy atom. The fourth-order valence-electron chi connectivity index (χ4n) is 1.59. The van der Waals surface area contributed by atoms with Crippen LogP contribution in [0.1, 0.15) is 6.42 Å². The van der Waals surface area contributed by atoms with E-state index in [1.54, 1.807) is 0 Å². The summed E-state index contributed by atoms with van der Waals surface area (Å²) in [5, 5.41) is 13.1. The van der Waals surface area contributed by atoms with Gasteiger partial charge in [-0.1, -0.05) is 11.6 Å². The fraction of sp³-hybridized carbons (Fsp3) is 0.273. The average molecular weight is 359 g/mol. The third-order valence-corrected chi connectivity index (χ3v) is 3.62. The van der Waals surface area contributed by atoms with Gasteiger partial charge in [0.1, 0.15) is 5.82 Å². The van der Waals surface area contributed by atoms with Crippen LogP contribution in [0.4, 0.5) is 10.1 Å². The van der Waals surface area contributed by atoms with Gasteiger partial charge in [0.2, 0.25) is 5.91 Å². The zero-order valence-electron chi connectivity index (χ0n) is 9.88. The standard InChI is InChI=1S/C11H8BrClFNO3.Na/c12-6-2-7(13)9(3-8(6)14)15-10(16)4-1-5(4)11(17)18;/h2-5H,1H2,(H,15,16)(H,17,18);/q;+1/p-1/t4-,5+;/m0./s1. The number of nitrogens with one attached hydrogen (secondary N) is 1. The van der Waals surface area contributed by atoms with Crippen LogP contribution in [0.3, 0.4) is 0 Å². The molecule has 0 radical (unpaired) electrons. The number of halogens is 3. The number of hydrogen-bond donors (Lipinski definition) is 1. The molecule has 8 heteroatoms. The minimum Gasteiger partial charge on any atom is -0.550 e. The maximum Gasteiger partial charge on any atom is 1.00 e. The molecule has 96 valence electrons. The predicted octanol–water partition coefficient (Wildman–Crippen LogP) is -1.43. The Labute approximate surface area is 144 Å². The molecule has 1 amide bonds. The Balaban J connectivity index is 0.00000180. The molecular formula is C11H7BrClFNNaO3. The normalized spacial score (nSPS) is 20.4. The van der Waals surface area contributed by atoms with Crippen LogP contribution in [0.25, 0.3) is 0 Å². The summed E-state index contributed by atoms with van der Waals surface area (Å²) < 4.78 is 13.5. The first-order valence-electron chi connectivity index (χ1n) is 5.06. The number of benzene rings is 1. The van der Waals surface area contributed by atoms with Crippen molar-refractivity contribution < 1.29 is 48.6 Å². The Morgan fingerprint density at radius 1 is 1.42 bits per heavy atom. The van der Waals surface area contributed by atoms with E-state index >= 15 is 0 Å². The first-order chi connectivity index (χ1) is 8.40. The van der Waals surface area contributed by atoms with Gasteiger partial charge in [0, 0.05) is 23.9 Å². The third-order valence-electron chi connectivity index (χ3n) is 2.70. The van der Waals surface area contributed by atoms with Crippen LogP contribution in [0.15, 0.2) is 16.6 Å². The fourth-order valence-corrected chi connectivity index (χ4v) is 2.28. The topological polar surface area (TPSA) is 69.2 Å². The van der Waals surface area contributed by atoms with Crippen LogP contribution in [0.2, 0.25) is 5.02 Å². The smallest absolute Gasteiger partial charge is 0.550 e. The van der Waals surface area contributed by atoms with Gasteiger partial charge >= 0.3 is 29.6 Å². The van der Waals surface area contributed by atoms with Crippen molar-refractivity contribution in [1.82, 2.24) is 0 Å². The van der Waals surface area contributed by atoms with Crippen LogP contribution < -0.4 is 40.0 Å². The zero-order valence-corrected chi connectivity index (χ0v) is 14.2. The SMILES string of the molecule is O=C(Nc1cc(F)c(Br)cc1Cl)[C@H]1C[C@H]1C(=O)[O-].[Na+]. The Bertz CT molecular complexity index is 543. The summed E-state index contributed by atoms with van der Waals surface area (Å²) in [4.78, 5) is 22.2. The van der Waals surface area contributed by atoms with E-state index in [9.17, 15) is 19.1 Å². The van der Waals surface area contributed by atoms with Crippen molar-refractivity contribution in [1.29, 1.82) is 0 Å². The average Bonchev–Trinajstić information content (AvgIpc) is 3.05. The summed E-state index contributed by atoms with van der Waals surface area (Å²) >= 11 is 8.79. The van der Waals surface area contributed by atoms with Crippen molar-refractivity contribution in [2.45, 2.75) is 6.42 Å². The number of amides is 1. The maximum atomic E-state index is 13.3. The molecule has 0 heterocycles. The van der Waals surface area contributed by atoms with Crippen molar-refractivity contribution in [3.8, 4) is 0 Å². The van der Waals surface area contributed by atoms with E-state index in [0.29, 0.717) is 0 Å². The predicted molar refractivity (Wildman–Crippen MR) is 64.3 cm³/mol. The number of carbonyl (C=O) groups is 2. The van der Waals surface area contributed by atoms with Gasteiger partial charge in [-0.25, -0.2) is 4.39 Å². The minimum absolute atomic E-state index is 0. The second-order valence-corrected chi connectivity index (χ2v) is 5.26. The van der Waals surface area contributed by atoms with Crippen molar-refractivity contribution >= 4 is 45.1 Å².